The van der Waals surface area contributed by atoms with Crippen LogP contribution in [-0.2, 0) is 0 Å². The number of hydrogen-bond donors (Lipinski definition) is 2. The summed E-state index contributed by atoms with van der Waals surface area (Å²) in [7, 11) is 0. The number of nitrogens with one attached hydrogen (secondary N) is 2. The van der Waals surface area contributed by atoms with E-state index in [2.05, 4.69) is 15.7 Å². The number of anilines is 1. The number of rotatable bonds is 4. The Labute approximate surface area is 165 Å². The van der Waals surface area contributed by atoms with Crippen LogP contribution >= 0.6 is 0 Å². The fourth-order valence-electron chi connectivity index (χ4n) is 3.42. The SMILES string of the molecule is CC(C)CNC(=O)c1cc2n(n1)C(C(F)(F)F)CC(c1ccc3c(c1)OCO3)N2. The van der Waals surface area contributed by atoms with Crippen molar-refractivity contribution in [3.8, 4) is 11.5 Å². The highest BCUT2D eigenvalue weighted by Crippen LogP contribution is 2.45. The minimum Gasteiger partial charge on any atom is -0.454 e. The van der Waals surface area contributed by atoms with Crippen molar-refractivity contribution in [3.63, 3.8) is 0 Å². The van der Waals surface area contributed by atoms with E-state index in [9.17, 15) is 18.0 Å². The summed E-state index contributed by atoms with van der Waals surface area (Å²) in [5, 5.41) is 9.69. The highest BCUT2D eigenvalue weighted by atomic mass is 19.4. The molecule has 1 amide bonds. The van der Waals surface area contributed by atoms with Crippen LogP contribution in [-0.4, -0.2) is 35.2 Å². The zero-order chi connectivity index (χ0) is 20.8. The van der Waals surface area contributed by atoms with Gasteiger partial charge in [0.2, 0.25) is 6.79 Å². The molecule has 2 atom stereocenters. The minimum absolute atomic E-state index is 0.0475. The number of alkyl halides is 3. The summed E-state index contributed by atoms with van der Waals surface area (Å²) in [4.78, 5) is 12.3. The Morgan fingerprint density at radius 2 is 2.07 bits per heavy atom. The van der Waals surface area contributed by atoms with Gasteiger partial charge in [0.1, 0.15) is 5.82 Å². The first-order chi connectivity index (χ1) is 13.7. The number of aromatic nitrogens is 2. The summed E-state index contributed by atoms with van der Waals surface area (Å²) < 4.78 is 52.7. The Balaban J connectivity index is 1.63. The molecule has 3 heterocycles. The van der Waals surface area contributed by atoms with Gasteiger partial charge in [-0.3, -0.25) is 4.79 Å². The van der Waals surface area contributed by atoms with E-state index in [4.69, 9.17) is 9.47 Å². The standard InChI is InChI=1S/C19H21F3N4O3/c1-10(2)8-23-18(27)13-7-17-24-12(6-16(19(20,21)22)26(17)25-13)11-3-4-14-15(5-11)29-9-28-14/h3-5,7,10,12,16,24H,6,8-9H2,1-2H3,(H,23,27). The molecule has 2 unspecified atom stereocenters. The number of hydrogen-bond acceptors (Lipinski definition) is 5. The lowest BCUT2D eigenvalue weighted by Crippen LogP contribution is -2.36. The highest BCUT2D eigenvalue weighted by Gasteiger charge is 2.47. The number of amides is 1. The molecular formula is C19H21F3N4O3. The average molecular weight is 410 g/mol. The van der Waals surface area contributed by atoms with Gasteiger partial charge in [-0.05, 0) is 23.6 Å². The second-order valence-electron chi connectivity index (χ2n) is 7.57. The number of ether oxygens (including phenoxy) is 2. The molecule has 0 saturated heterocycles. The van der Waals surface area contributed by atoms with Crippen molar-refractivity contribution in [2.24, 2.45) is 5.92 Å². The largest absolute Gasteiger partial charge is 0.454 e. The van der Waals surface area contributed by atoms with E-state index in [1.54, 1.807) is 18.2 Å². The zero-order valence-electron chi connectivity index (χ0n) is 15.9. The molecule has 2 aliphatic heterocycles. The highest BCUT2D eigenvalue weighted by molar-refractivity contribution is 5.93. The molecule has 0 bridgehead atoms. The van der Waals surface area contributed by atoms with Gasteiger partial charge in [-0.2, -0.15) is 18.3 Å². The first-order valence-electron chi connectivity index (χ1n) is 9.33. The number of halogens is 3. The van der Waals surface area contributed by atoms with Crippen LogP contribution in [0.5, 0.6) is 11.5 Å². The number of carbonyl (C=O) groups is 1. The molecule has 0 radical (unpaired) electrons. The molecule has 0 aliphatic carbocycles. The zero-order valence-corrected chi connectivity index (χ0v) is 15.9. The quantitative estimate of drug-likeness (QED) is 0.805. The van der Waals surface area contributed by atoms with Crippen molar-refractivity contribution in [1.82, 2.24) is 15.1 Å². The van der Waals surface area contributed by atoms with Crippen molar-refractivity contribution < 1.29 is 27.4 Å². The van der Waals surface area contributed by atoms with Crippen molar-refractivity contribution >= 4 is 11.7 Å². The van der Waals surface area contributed by atoms with Crippen LogP contribution in [0.2, 0.25) is 0 Å². The van der Waals surface area contributed by atoms with Gasteiger partial charge in [-0.25, -0.2) is 4.68 Å². The second-order valence-corrected chi connectivity index (χ2v) is 7.57. The Hall–Kier alpha value is -2.91. The average Bonchev–Trinajstić information content (AvgIpc) is 3.30. The normalized spacial score (nSPS) is 20.3. The Morgan fingerprint density at radius 3 is 2.79 bits per heavy atom. The van der Waals surface area contributed by atoms with E-state index in [0.717, 1.165) is 4.68 Å². The number of benzene rings is 1. The molecule has 1 aromatic carbocycles. The van der Waals surface area contributed by atoms with Crippen molar-refractivity contribution in [3.05, 3.63) is 35.5 Å². The fraction of sp³-hybridized carbons (Fsp3) is 0.474. The topological polar surface area (TPSA) is 77.4 Å². The van der Waals surface area contributed by atoms with Crippen LogP contribution in [0, 0.1) is 5.92 Å². The lowest BCUT2D eigenvalue weighted by molar-refractivity contribution is -0.173. The molecule has 4 rings (SSSR count). The van der Waals surface area contributed by atoms with Crippen molar-refractivity contribution in [2.75, 3.05) is 18.7 Å². The first kappa shape index (κ1) is 19.4. The van der Waals surface area contributed by atoms with Gasteiger partial charge in [0.15, 0.2) is 23.2 Å². The van der Waals surface area contributed by atoms with Crippen LogP contribution in [0.25, 0.3) is 0 Å². The molecule has 7 nitrogen and oxygen atoms in total. The molecule has 2 aliphatic rings. The monoisotopic (exact) mass is 410 g/mol. The molecule has 29 heavy (non-hydrogen) atoms. The maximum atomic E-state index is 13.8. The van der Waals surface area contributed by atoms with Crippen molar-refractivity contribution in [1.29, 1.82) is 0 Å². The van der Waals surface area contributed by atoms with Gasteiger partial charge >= 0.3 is 6.18 Å². The van der Waals surface area contributed by atoms with Gasteiger partial charge in [0.05, 0.1) is 6.04 Å². The van der Waals surface area contributed by atoms with Gasteiger partial charge in [-0.15, -0.1) is 0 Å². The Bertz CT molecular complexity index is 926. The third-order valence-corrected chi connectivity index (χ3v) is 4.89. The first-order valence-corrected chi connectivity index (χ1v) is 9.33. The van der Waals surface area contributed by atoms with Crippen LogP contribution in [0.15, 0.2) is 24.3 Å². The predicted octanol–water partition coefficient (Wildman–Crippen LogP) is 3.66. The predicted molar refractivity (Wildman–Crippen MR) is 98.0 cm³/mol. The molecule has 1 aromatic heterocycles. The van der Waals surface area contributed by atoms with E-state index >= 15 is 0 Å². The summed E-state index contributed by atoms with van der Waals surface area (Å²) in [6.45, 7) is 4.35. The molecular weight excluding hydrogens is 389 g/mol. The fourth-order valence-corrected chi connectivity index (χ4v) is 3.42. The summed E-state index contributed by atoms with van der Waals surface area (Å²) in [5.41, 5.74) is 0.593. The van der Waals surface area contributed by atoms with Gasteiger partial charge < -0.3 is 20.1 Å². The van der Waals surface area contributed by atoms with Crippen LogP contribution in [0.1, 0.15) is 48.4 Å². The summed E-state index contributed by atoms with van der Waals surface area (Å²) in [6, 6.07) is 3.95. The smallest absolute Gasteiger partial charge is 0.410 e. The van der Waals surface area contributed by atoms with E-state index in [-0.39, 0.29) is 30.6 Å². The summed E-state index contributed by atoms with van der Waals surface area (Å²) in [5.74, 6) is 0.929. The van der Waals surface area contributed by atoms with Gasteiger partial charge in [0.25, 0.3) is 5.91 Å². The second kappa shape index (κ2) is 7.16. The Kier molecular flexibility index (Phi) is 4.79. The van der Waals surface area contributed by atoms with Crippen LogP contribution < -0.4 is 20.1 Å². The molecule has 0 saturated carbocycles. The maximum absolute atomic E-state index is 13.8. The summed E-state index contributed by atoms with van der Waals surface area (Å²) in [6.07, 6.45) is -4.77. The van der Waals surface area contributed by atoms with Crippen molar-refractivity contribution in [2.45, 2.75) is 38.5 Å². The number of carbonyl (C=O) groups excluding carboxylic acids is 1. The number of nitrogens with zero attached hydrogens (tertiary/aromatic N) is 2. The van der Waals surface area contributed by atoms with E-state index in [1.165, 1.54) is 6.07 Å². The molecule has 0 spiro atoms. The molecule has 156 valence electrons. The third kappa shape index (κ3) is 3.83. The molecule has 2 aromatic rings. The lowest BCUT2D eigenvalue weighted by atomic mass is 9.96. The van der Waals surface area contributed by atoms with Crippen LogP contribution in [0.4, 0.5) is 19.0 Å². The minimum atomic E-state index is -4.51. The van der Waals surface area contributed by atoms with Gasteiger partial charge in [-0.1, -0.05) is 19.9 Å². The van der Waals surface area contributed by atoms with E-state index in [1.807, 2.05) is 13.8 Å². The lowest BCUT2D eigenvalue weighted by Gasteiger charge is -2.33. The number of fused-ring (bicyclic) bond motifs is 2. The maximum Gasteiger partial charge on any atom is 0.410 e. The molecule has 2 N–H and O–H groups in total. The molecule has 10 heteroatoms. The summed E-state index contributed by atoms with van der Waals surface area (Å²) >= 11 is 0. The molecule has 0 fully saturated rings. The van der Waals surface area contributed by atoms with Crippen LogP contribution in [0.3, 0.4) is 0 Å². The van der Waals surface area contributed by atoms with E-state index < -0.39 is 24.2 Å². The van der Waals surface area contributed by atoms with Gasteiger partial charge in [0, 0.05) is 19.0 Å². The third-order valence-electron chi connectivity index (χ3n) is 4.89. The van der Waals surface area contributed by atoms with E-state index in [0.29, 0.717) is 23.6 Å². The Morgan fingerprint density at radius 1 is 1.31 bits per heavy atom.